The van der Waals surface area contributed by atoms with Crippen LogP contribution in [-0.4, -0.2) is 30.7 Å². The van der Waals surface area contributed by atoms with E-state index in [2.05, 4.69) is 5.32 Å². The van der Waals surface area contributed by atoms with Gasteiger partial charge in [-0.05, 0) is 54.8 Å². The molecule has 4 rings (SSSR count). The number of hydrogen-bond acceptors (Lipinski definition) is 4. The predicted molar refractivity (Wildman–Crippen MR) is 97.0 cm³/mol. The van der Waals surface area contributed by atoms with Crippen LogP contribution in [0.25, 0.3) is 0 Å². The van der Waals surface area contributed by atoms with Gasteiger partial charge in [-0.25, -0.2) is 8.42 Å². The largest absolute Gasteiger partial charge is 0.349 e. The van der Waals surface area contributed by atoms with E-state index in [1.165, 1.54) is 11.3 Å². The molecule has 1 amide bonds. The SMILES string of the molecule is O=C(NC1CC1)c1ccc(CN(C2CC2)S(=O)(=O)c2cccs2)cc1. The molecule has 2 aromatic rings. The highest BCUT2D eigenvalue weighted by molar-refractivity contribution is 7.91. The molecule has 7 heteroatoms. The average molecular weight is 377 g/mol. The first-order valence-corrected chi connectivity index (χ1v) is 10.8. The van der Waals surface area contributed by atoms with E-state index < -0.39 is 10.0 Å². The van der Waals surface area contributed by atoms with Gasteiger partial charge < -0.3 is 5.32 Å². The van der Waals surface area contributed by atoms with Gasteiger partial charge in [0.15, 0.2) is 0 Å². The van der Waals surface area contributed by atoms with Crippen molar-refractivity contribution in [2.45, 2.75) is 48.5 Å². The number of thiophene rings is 1. The molecule has 1 aromatic carbocycles. The van der Waals surface area contributed by atoms with Crippen molar-refractivity contribution >= 4 is 27.3 Å². The summed E-state index contributed by atoms with van der Waals surface area (Å²) in [7, 11) is -3.45. The Kier molecular flexibility index (Phi) is 4.39. The molecule has 2 aliphatic rings. The highest BCUT2D eigenvalue weighted by Gasteiger charge is 2.38. The molecule has 0 atom stereocenters. The summed E-state index contributed by atoms with van der Waals surface area (Å²) in [4.78, 5) is 12.0. The Morgan fingerprint density at radius 1 is 1.12 bits per heavy atom. The zero-order valence-electron chi connectivity index (χ0n) is 13.7. The highest BCUT2D eigenvalue weighted by Crippen LogP contribution is 2.34. The summed E-state index contributed by atoms with van der Waals surface area (Å²) in [5, 5.41) is 4.74. The number of nitrogens with zero attached hydrogens (tertiary/aromatic N) is 1. The van der Waals surface area contributed by atoms with Crippen LogP contribution >= 0.6 is 11.3 Å². The fourth-order valence-electron chi connectivity index (χ4n) is 2.74. The summed E-state index contributed by atoms with van der Waals surface area (Å²) in [6.07, 6.45) is 3.93. The molecule has 2 aliphatic carbocycles. The van der Waals surface area contributed by atoms with Crippen molar-refractivity contribution in [3.8, 4) is 0 Å². The third-order valence-electron chi connectivity index (χ3n) is 4.48. The minimum atomic E-state index is -3.45. The molecular formula is C18H20N2O3S2. The lowest BCUT2D eigenvalue weighted by molar-refractivity contribution is 0.0951. The molecule has 0 spiro atoms. The minimum Gasteiger partial charge on any atom is -0.349 e. The lowest BCUT2D eigenvalue weighted by atomic mass is 10.1. The molecule has 5 nitrogen and oxygen atoms in total. The van der Waals surface area contributed by atoms with Gasteiger partial charge in [-0.3, -0.25) is 4.79 Å². The Hall–Kier alpha value is -1.70. The Balaban J connectivity index is 1.50. The smallest absolute Gasteiger partial charge is 0.253 e. The molecule has 2 fully saturated rings. The minimum absolute atomic E-state index is 0.0562. The van der Waals surface area contributed by atoms with Crippen LogP contribution in [0.3, 0.4) is 0 Å². The number of carbonyl (C=O) groups excluding carboxylic acids is 1. The van der Waals surface area contributed by atoms with E-state index in [0.29, 0.717) is 22.4 Å². The Labute approximate surface area is 151 Å². The number of amides is 1. The number of carbonyl (C=O) groups is 1. The second-order valence-electron chi connectivity index (χ2n) is 6.66. The third kappa shape index (κ3) is 3.78. The van der Waals surface area contributed by atoms with Crippen LogP contribution in [0.1, 0.15) is 41.6 Å². The van der Waals surface area contributed by atoms with Gasteiger partial charge in [0.1, 0.15) is 4.21 Å². The van der Waals surface area contributed by atoms with Gasteiger partial charge in [-0.1, -0.05) is 18.2 Å². The Bertz CT molecular complexity index is 852. The van der Waals surface area contributed by atoms with Crippen molar-refractivity contribution in [3.05, 3.63) is 52.9 Å². The van der Waals surface area contributed by atoms with Gasteiger partial charge in [0.25, 0.3) is 15.9 Å². The topological polar surface area (TPSA) is 66.5 Å². The summed E-state index contributed by atoms with van der Waals surface area (Å²) in [6.45, 7) is 0.343. The number of sulfonamides is 1. The Morgan fingerprint density at radius 2 is 1.84 bits per heavy atom. The maximum Gasteiger partial charge on any atom is 0.253 e. The van der Waals surface area contributed by atoms with E-state index in [1.807, 2.05) is 12.1 Å². The highest BCUT2D eigenvalue weighted by atomic mass is 32.2. The van der Waals surface area contributed by atoms with Crippen molar-refractivity contribution in [3.63, 3.8) is 0 Å². The summed E-state index contributed by atoms with van der Waals surface area (Å²) in [6, 6.07) is 11.1. The fraction of sp³-hybridized carbons (Fsp3) is 0.389. The summed E-state index contributed by atoms with van der Waals surface area (Å²) in [5.74, 6) is -0.0562. The van der Waals surface area contributed by atoms with Gasteiger partial charge in [0.2, 0.25) is 0 Å². The molecule has 0 saturated heterocycles. The normalized spacial score (nSPS) is 17.6. The second-order valence-corrected chi connectivity index (χ2v) is 9.72. The van der Waals surface area contributed by atoms with Crippen molar-refractivity contribution < 1.29 is 13.2 Å². The van der Waals surface area contributed by atoms with Gasteiger partial charge in [-0.2, -0.15) is 4.31 Å². The summed E-state index contributed by atoms with van der Waals surface area (Å²) >= 11 is 1.25. The zero-order chi connectivity index (χ0) is 17.4. The van der Waals surface area contributed by atoms with Crippen LogP contribution < -0.4 is 5.32 Å². The van der Waals surface area contributed by atoms with E-state index in [1.54, 1.807) is 34.0 Å². The molecule has 0 radical (unpaired) electrons. The molecule has 0 unspecified atom stereocenters. The van der Waals surface area contributed by atoms with Crippen LogP contribution in [0.15, 0.2) is 46.0 Å². The predicted octanol–water partition coefficient (Wildman–Crippen LogP) is 2.99. The standard InChI is InChI=1S/C18H20N2O3S2/c21-18(19-15-7-8-15)14-5-3-13(4-6-14)12-20(16-9-10-16)25(22,23)17-2-1-11-24-17/h1-6,11,15-16H,7-10,12H2,(H,19,21). The lowest BCUT2D eigenvalue weighted by Gasteiger charge is -2.21. The van der Waals surface area contributed by atoms with Crippen LogP contribution in [0.2, 0.25) is 0 Å². The monoisotopic (exact) mass is 376 g/mol. The third-order valence-corrected chi connectivity index (χ3v) is 7.75. The van der Waals surface area contributed by atoms with E-state index in [4.69, 9.17) is 0 Å². The molecule has 1 N–H and O–H groups in total. The van der Waals surface area contributed by atoms with Crippen LogP contribution in [-0.2, 0) is 16.6 Å². The number of hydrogen-bond donors (Lipinski definition) is 1. The maximum atomic E-state index is 12.9. The number of rotatable bonds is 7. The van der Waals surface area contributed by atoms with Gasteiger partial charge in [0, 0.05) is 24.2 Å². The first-order chi connectivity index (χ1) is 12.0. The van der Waals surface area contributed by atoms with Crippen LogP contribution in [0.5, 0.6) is 0 Å². The Morgan fingerprint density at radius 3 is 2.40 bits per heavy atom. The molecule has 0 aliphatic heterocycles. The van der Waals surface area contributed by atoms with E-state index in [9.17, 15) is 13.2 Å². The molecule has 2 saturated carbocycles. The molecule has 1 heterocycles. The zero-order valence-corrected chi connectivity index (χ0v) is 15.4. The van der Waals surface area contributed by atoms with Crippen molar-refractivity contribution in [2.24, 2.45) is 0 Å². The van der Waals surface area contributed by atoms with Crippen molar-refractivity contribution in [1.29, 1.82) is 0 Å². The van der Waals surface area contributed by atoms with E-state index in [0.717, 1.165) is 31.2 Å². The first-order valence-electron chi connectivity index (χ1n) is 8.49. The molecule has 25 heavy (non-hydrogen) atoms. The molecular weight excluding hydrogens is 356 g/mol. The molecule has 0 bridgehead atoms. The van der Waals surface area contributed by atoms with Crippen molar-refractivity contribution in [1.82, 2.24) is 9.62 Å². The lowest BCUT2D eigenvalue weighted by Crippen LogP contribution is -2.32. The fourth-order valence-corrected chi connectivity index (χ4v) is 5.53. The van der Waals surface area contributed by atoms with E-state index >= 15 is 0 Å². The molecule has 1 aromatic heterocycles. The number of nitrogens with one attached hydrogen (secondary N) is 1. The maximum absolute atomic E-state index is 12.9. The van der Waals surface area contributed by atoms with Crippen LogP contribution in [0, 0.1) is 0 Å². The van der Waals surface area contributed by atoms with Crippen molar-refractivity contribution in [2.75, 3.05) is 0 Å². The number of benzene rings is 1. The molecule has 132 valence electrons. The van der Waals surface area contributed by atoms with Gasteiger partial charge in [-0.15, -0.1) is 11.3 Å². The summed E-state index contributed by atoms with van der Waals surface area (Å²) < 4.78 is 27.7. The average Bonchev–Trinajstić information content (AvgIpc) is 3.53. The van der Waals surface area contributed by atoms with Gasteiger partial charge >= 0.3 is 0 Å². The summed E-state index contributed by atoms with van der Waals surface area (Å²) in [5.41, 5.74) is 1.52. The van der Waals surface area contributed by atoms with Gasteiger partial charge in [0.05, 0.1) is 0 Å². The quantitative estimate of drug-likeness (QED) is 0.808. The first kappa shape index (κ1) is 16.8. The second kappa shape index (κ2) is 6.55. The van der Waals surface area contributed by atoms with E-state index in [-0.39, 0.29) is 11.9 Å². The van der Waals surface area contributed by atoms with Crippen LogP contribution in [0.4, 0.5) is 0 Å².